The van der Waals surface area contributed by atoms with Crippen LogP contribution < -0.4 is 27.4 Å². The molecule has 3 aromatic rings. The molecule has 0 radical (unpaired) electrons. The van der Waals surface area contributed by atoms with Crippen LogP contribution in [0.25, 0.3) is 10.8 Å². The lowest BCUT2D eigenvalue weighted by atomic mass is 10.1. The highest BCUT2D eigenvalue weighted by molar-refractivity contribution is 8.00. The van der Waals surface area contributed by atoms with E-state index in [-0.39, 0.29) is 25.3 Å². The van der Waals surface area contributed by atoms with Gasteiger partial charge in [-0.15, -0.1) is 24.4 Å². The summed E-state index contributed by atoms with van der Waals surface area (Å²) in [6, 6.07) is 16.9. The van der Waals surface area contributed by atoms with Gasteiger partial charge in [-0.25, -0.2) is 0 Å². The molecule has 1 saturated heterocycles. The zero-order valence-electron chi connectivity index (χ0n) is 22.7. The predicted octanol–water partition coefficient (Wildman–Crippen LogP) is 1.43. The number of Topliss-reactive ketones (excluding diaryl/α,β-unsaturated/α-hetero) is 1. The number of hydrogen-bond acceptors (Lipinski definition) is 10. The maximum absolute atomic E-state index is 12.9. The normalized spacial score (nSPS) is 15.5. The Morgan fingerprint density at radius 1 is 1.00 bits per heavy atom. The standard InChI is InChI=1S/C29H32N6O5S2/c30-14-23(36)22(34-28(39)17-7-9-18(31)10-8-17)16-42-25-13-27(38)35(29(25)40)15-26(37)33-12-11-32-21-5-1-4-20-19(21)3-2-6-24(20)41/h1-10,22,25,32,41H,11-16,30-31H2,(H,33,37)(H,34,39). The van der Waals surface area contributed by atoms with E-state index in [1.807, 2.05) is 36.4 Å². The number of hydrogen-bond donors (Lipinski definition) is 6. The maximum Gasteiger partial charge on any atom is 0.251 e. The average molecular weight is 609 g/mol. The Morgan fingerprint density at radius 3 is 2.45 bits per heavy atom. The van der Waals surface area contributed by atoms with E-state index < -0.39 is 47.2 Å². The van der Waals surface area contributed by atoms with Crippen molar-refractivity contribution in [2.24, 2.45) is 5.73 Å². The van der Waals surface area contributed by atoms with Crippen LogP contribution in [0.1, 0.15) is 16.8 Å². The first-order chi connectivity index (χ1) is 20.2. The number of imide groups is 1. The molecule has 220 valence electrons. The molecule has 0 saturated carbocycles. The number of nitrogen functional groups attached to an aromatic ring is 1. The second-order valence-corrected chi connectivity index (χ2v) is 11.3. The van der Waals surface area contributed by atoms with Crippen LogP contribution in [0.2, 0.25) is 0 Å². The predicted molar refractivity (Wildman–Crippen MR) is 166 cm³/mol. The number of nitrogens with two attached hydrogens (primary N) is 2. The van der Waals surface area contributed by atoms with Crippen LogP contribution in [0.4, 0.5) is 11.4 Å². The minimum atomic E-state index is -0.959. The van der Waals surface area contributed by atoms with Gasteiger partial charge in [-0.1, -0.05) is 24.3 Å². The van der Waals surface area contributed by atoms with Gasteiger partial charge in [-0.05, 0) is 41.8 Å². The second kappa shape index (κ2) is 14.2. The molecule has 1 fully saturated rings. The zero-order chi connectivity index (χ0) is 30.2. The van der Waals surface area contributed by atoms with Gasteiger partial charge in [0.15, 0.2) is 5.78 Å². The third kappa shape index (κ3) is 7.60. The molecule has 0 spiro atoms. The Bertz CT molecular complexity index is 1500. The highest BCUT2D eigenvalue weighted by Crippen LogP contribution is 2.28. The van der Waals surface area contributed by atoms with Crippen LogP contribution in [0.5, 0.6) is 0 Å². The number of carbonyl (C=O) groups is 5. The van der Waals surface area contributed by atoms with Crippen molar-refractivity contribution in [2.75, 3.05) is 43.0 Å². The van der Waals surface area contributed by atoms with Gasteiger partial charge in [-0.2, -0.15) is 0 Å². The van der Waals surface area contributed by atoms with E-state index in [2.05, 4.69) is 28.6 Å². The summed E-state index contributed by atoms with van der Waals surface area (Å²) in [5, 5.41) is 9.88. The summed E-state index contributed by atoms with van der Waals surface area (Å²) in [7, 11) is 0. The number of likely N-dealkylation sites (tertiary alicyclic amines) is 1. The molecule has 0 aromatic heterocycles. The lowest BCUT2D eigenvalue weighted by Crippen LogP contribution is -2.46. The summed E-state index contributed by atoms with van der Waals surface area (Å²) in [5.41, 5.74) is 12.9. The molecule has 42 heavy (non-hydrogen) atoms. The van der Waals surface area contributed by atoms with Crippen molar-refractivity contribution in [2.45, 2.75) is 22.6 Å². The lowest BCUT2D eigenvalue weighted by Gasteiger charge is -2.19. The van der Waals surface area contributed by atoms with Crippen LogP contribution in [0, 0.1) is 0 Å². The Kier molecular flexibility index (Phi) is 10.4. The summed E-state index contributed by atoms with van der Waals surface area (Å²) in [4.78, 5) is 64.8. The van der Waals surface area contributed by atoms with Crippen molar-refractivity contribution in [3.05, 3.63) is 66.2 Å². The lowest BCUT2D eigenvalue weighted by molar-refractivity contribution is -0.142. The van der Waals surface area contributed by atoms with Gasteiger partial charge in [0.05, 0.1) is 17.8 Å². The minimum Gasteiger partial charge on any atom is -0.399 e. The fourth-order valence-corrected chi connectivity index (χ4v) is 5.95. The molecule has 3 aromatic carbocycles. The molecule has 11 nitrogen and oxygen atoms in total. The minimum absolute atomic E-state index is 0.0367. The molecule has 4 rings (SSSR count). The number of thiol groups is 1. The van der Waals surface area contributed by atoms with Crippen molar-refractivity contribution in [1.29, 1.82) is 0 Å². The number of ketones is 1. The molecule has 2 unspecified atom stereocenters. The number of rotatable bonds is 13. The number of fused-ring (bicyclic) bond motifs is 1. The summed E-state index contributed by atoms with van der Waals surface area (Å²) in [5.74, 6) is -2.32. The topological polar surface area (TPSA) is 177 Å². The number of nitrogens with one attached hydrogen (secondary N) is 3. The summed E-state index contributed by atoms with van der Waals surface area (Å²) in [6.07, 6.45) is -0.109. The van der Waals surface area contributed by atoms with Crippen molar-refractivity contribution < 1.29 is 24.0 Å². The van der Waals surface area contributed by atoms with Gasteiger partial charge in [0, 0.05) is 52.5 Å². The second-order valence-electron chi connectivity index (χ2n) is 9.62. The maximum atomic E-state index is 12.9. The summed E-state index contributed by atoms with van der Waals surface area (Å²) in [6.45, 7) is 0.00907. The van der Waals surface area contributed by atoms with Crippen LogP contribution in [-0.2, 0) is 19.2 Å². The number of benzene rings is 3. The molecule has 1 aliphatic rings. The van der Waals surface area contributed by atoms with Gasteiger partial charge in [-0.3, -0.25) is 28.9 Å². The van der Waals surface area contributed by atoms with Crippen molar-refractivity contribution in [3.8, 4) is 0 Å². The summed E-state index contributed by atoms with van der Waals surface area (Å²) < 4.78 is 0. The number of carbonyl (C=O) groups excluding carboxylic acids is 5. The molecular formula is C29H32N6O5S2. The smallest absolute Gasteiger partial charge is 0.251 e. The molecule has 1 heterocycles. The molecule has 0 bridgehead atoms. The number of amides is 4. The largest absolute Gasteiger partial charge is 0.399 e. The average Bonchev–Trinajstić information content (AvgIpc) is 3.25. The van der Waals surface area contributed by atoms with Gasteiger partial charge in [0.1, 0.15) is 6.54 Å². The van der Waals surface area contributed by atoms with Crippen molar-refractivity contribution >= 4 is 75.9 Å². The van der Waals surface area contributed by atoms with Crippen LogP contribution in [0.15, 0.2) is 65.6 Å². The van der Waals surface area contributed by atoms with Crippen LogP contribution in [-0.4, -0.2) is 77.5 Å². The highest BCUT2D eigenvalue weighted by Gasteiger charge is 2.40. The SMILES string of the molecule is NCC(=O)C(CSC1CC(=O)N(CC(=O)NCCNc2cccc3c(S)cccc23)C1=O)NC(=O)c1ccc(N)cc1. The highest BCUT2D eigenvalue weighted by atomic mass is 32.2. The third-order valence-electron chi connectivity index (χ3n) is 6.70. The third-order valence-corrected chi connectivity index (χ3v) is 8.38. The summed E-state index contributed by atoms with van der Waals surface area (Å²) >= 11 is 5.56. The zero-order valence-corrected chi connectivity index (χ0v) is 24.4. The Balaban J connectivity index is 1.25. The first kappa shape index (κ1) is 30.9. The van der Waals surface area contributed by atoms with Gasteiger partial charge in [0.25, 0.3) is 5.91 Å². The van der Waals surface area contributed by atoms with Crippen LogP contribution in [0.3, 0.4) is 0 Å². The fraction of sp³-hybridized carbons (Fsp3) is 0.276. The van der Waals surface area contributed by atoms with E-state index >= 15 is 0 Å². The molecule has 7 N–H and O–H groups in total. The van der Waals surface area contributed by atoms with Gasteiger partial charge < -0.3 is 27.4 Å². The quantitative estimate of drug-likeness (QED) is 0.0725. The Morgan fingerprint density at radius 2 is 1.71 bits per heavy atom. The van der Waals surface area contributed by atoms with E-state index in [0.29, 0.717) is 17.8 Å². The number of anilines is 2. The van der Waals surface area contributed by atoms with E-state index in [0.717, 1.165) is 38.0 Å². The molecular weight excluding hydrogens is 576 g/mol. The Hall–Kier alpha value is -4.07. The van der Waals surface area contributed by atoms with E-state index in [4.69, 9.17) is 11.5 Å². The number of thioether (sulfide) groups is 1. The van der Waals surface area contributed by atoms with Crippen molar-refractivity contribution in [3.63, 3.8) is 0 Å². The Labute approximate surface area is 252 Å². The molecule has 13 heteroatoms. The van der Waals surface area contributed by atoms with E-state index in [1.54, 1.807) is 12.1 Å². The molecule has 0 aliphatic carbocycles. The molecule has 1 aliphatic heterocycles. The monoisotopic (exact) mass is 608 g/mol. The first-order valence-corrected chi connectivity index (χ1v) is 14.7. The fourth-order valence-electron chi connectivity index (χ4n) is 4.44. The first-order valence-electron chi connectivity index (χ1n) is 13.2. The van der Waals surface area contributed by atoms with Crippen LogP contribution >= 0.6 is 24.4 Å². The number of nitrogens with zero attached hydrogens (tertiary/aromatic N) is 1. The van der Waals surface area contributed by atoms with Crippen molar-refractivity contribution in [1.82, 2.24) is 15.5 Å². The van der Waals surface area contributed by atoms with E-state index in [9.17, 15) is 24.0 Å². The van der Waals surface area contributed by atoms with E-state index in [1.165, 1.54) is 12.1 Å². The van der Waals surface area contributed by atoms with Gasteiger partial charge in [0.2, 0.25) is 17.7 Å². The van der Waals surface area contributed by atoms with Gasteiger partial charge >= 0.3 is 0 Å². The molecule has 4 amide bonds. The molecule has 2 atom stereocenters.